The van der Waals surface area contributed by atoms with Crippen LogP contribution in [0, 0.1) is 0 Å². The largest absolute Gasteiger partial charge is 0.506 e. The molecule has 0 atom stereocenters. The summed E-state index contributed by atoms with van der Waals surface area (Å²) < 4.78 is 4.33. The number of hydrogen-bond acceptors (Lipinski definition) is 8. The molecule has 0 spiro atoms. The zero-order chi connectivity index (χ0) is 39.5. The second kappa shape index (κ2) is 18.0. The second-order valence-electron chi connectivity index (χ2n) is 14.1. The SMILES string of the molecule is Oc1ccc2ccc(Nc3ccccc3)cc2c1N=Nc1cc[n+](CCCCCC[n+]2ccc(N=Nc3c(O)ccc4ccc(Nc5ccccc5)cc34)cc2)cc1. The van der Waals surface area contributed by atoms with Crippen molar-refractivity contribution in [3.8, 4) is 11.5 Å². The number of aromatic hydroxyl groups is 2. The van der Waals surface area contributed by atoms with E-state index in [4.69, 9.17) is 0 Å². The van der Waals surface area contributed by atoms with Gasteiger partial charge in [-0.3, -0.25) is 0 Å². The van der Waals surface area contributed by atoms with Gasteiger partial charge < -0.3 is 20.8 Å². The number of anilines is 4. The standard InChI is InChI=1S/C48H42N8O2/c57-45-21-17-35-15-19-41(49-37-11-5-3-6-12-37)33-43(35)47(45)53-51-39-23-29-55(30-24-39)27-9-1-2-10-28-56-31-25-40(26-32-56)52-54-48-44-34-42(50-38-13-7-4-8-14-38)20-16-36(44)18-22-46(48)58/h3-8,11-26,29-34H,1-2,9-10,27-28H2,(H2,49,50,57,58)/p+2. The number of hydrogen-bond donors (Lipinski definition) is 4. The molecule has 0 radical (unpaired) electrons. The zero-order valence-corrected chi connectivity index (χ0v) is 32.0. The fourth-order valence-corrected chi connectivity index (χ4v) is 6.81. The van der Waals surface area contributed by atoms with E-state index in [0.717, 1.165) is 83.1 Å². The minimum absolute atomic E-state index is 0.0856. The molecule has 2 heterocycles. The molecule has 8 aromatic rings. The molecule has 10 heteroatoms. The number of nitrogens with one attached hydrogen (secondary N) is 2. The van der Waals surface area contributed by atoms with Crippen LogP contribution in [0.1, 0.15) is 25.7 Å². The maximum absolute atomic E-state index is 10.7. The number of aromatic nitrogens is 2. The number of rotatable bonds is 15. The van der Waals surface area contributed by atoms with Gasteiger partial charge in [0, 0.05) is 70.6 Å². The van der Waals surface area contributed by atoms with Gasteiger partial charge in [-0.05, 0) is 84.3 Å². The first kappa shape index (κ1) is 37.5. The van der Waals surface area contributed by atoms with E-state index in [2.05, 4.69) is 40.2 Å². The smallest absolute Gasteiger partial charge is 0.171 e. The van der Waals surface area contributed by atoms with E-state index in [1.165, 1.54) is 0 Å². The van der Waals surface area contributed by atoms with Crippen molar-refractivity contribution in [2.45, 2.75) is 38.8 Å². The predicted octanol–water partition coefficient (Wildman–Crippen LogP) is 12.6. The van der Waals surface area contributed by atoms with Crippen LogP contribution < -0.4 is 19.8 Å². The number of nitrogens with zero attached hydrogens (tertiary/aromatic N) is 6. The maximum Gasteiger partial charge on any atom is 0.171 e. The summed E-state index contributed by atoms with van der Waals surface area (Å²) in [4.78, 5) is 0. The van der Waals surface area contributed by atoms with E-state index >= 15 is 0 Å². The van der Waals surface area contributed by atoms with Gasteiger partial charge in [0.15, 0.2) is 24.8 Å². The molecular weight excluding hydrogens is 721 g/mol. The number of phenolic OH excluding ortho intramolecular Hbond substituents is 2. The minimum Gasteiger partial charge on any atom is -0.506 e. The van der Waals surface area contributed by atoms with Gasteiger partial charge in [0.25, 0.3) is 0 Å². The van der Waals surface area contributed by atoms with E-state index in [1.807, 2.05) is 158 Å². The highest BCUT2D eigenvalue weighted by molar-refractivity contribution is 5.98. The third-order valence-electron chi connectivity index (χ3n) is 9.93. The Balaban J connectivity index is 0.797. The van der Waals surface area contributed by atoms with E-state index in [-0.39, 0.29) is 11.5 Å². The summed E-state index contributed by atoms with van der Waals surface area (Å²) in [6, 6.07) is 46.8. The Morgan fingerprint density at radius 2 is 0.793 bits per heavy atom. The molecule has 10 nitrogen and oxygen atoms in total. The molecule has 4 N–H and O–H groups in total. The van der Waals surface area contributed by atoms with Crippen molar-refractivity contribution in [3.63, 3.8) is 0 Å². The molecule has 58 heavy (non-hydrogen) atoms. The Labute approximate surface area is 337 Å². The molecule has 0 bridgehead atoms. The molecule has 0 aliphatic rings. The van der Waals surface area contributed by atoms with Crippen molar-refractivity contribution < 1.29 is 19.3 Å². The fourth-order valence-electron chi connectivity index (χ4n) is 6.81. The van der Waals surface area contributed by atoms with Crippen molar-refractivity contribution in [2.75, 3.05) is 10.6 Å². The lowest BCUT2D eigenvalue weighted by Gasteiger charge is -2.09. The van der Waals surface area contributed by atoms with Crippen molar-refractivity contribution in [1.29, 1.82) is 0 Å². The van der Waals surface area contributed by atoms with E-state index in [9.17, 15) is 10.2 Å². The van der Waals surface area contributed by atoms with Crippen molar-refractivity contribution in [1.82, 2.24) is 0 Å². The second-order valence-corrected chi connectivity index (χ2v) is 14.1. The Morgan fingerprint density at radius 3 is 1.21 bits per heavy atom. The van der Waals surface area contributed by atoms with Crippen LogP contribution in [0.3, 0.4) is 0 Å². The number of para-hydroxylation sites is 2. The quantitative estimate of drug-likeness (QED) is 0.0471. The summed E-state index contributed by atoms with van der Waals surface area (Å²) in [7, 11) is 0. The average Bonchev–Trinajstić information content (AvgIpc) is 3.26. The van der Waals surface area contributed by atoms with Gasteiger partial charge in [-0.15, -0.1) is 20.5 Å². The molecule has 8 rings (SSSR count). The van der Waals surface area contributed by atoms with Crippen molar-refractivity contribution in [3.05, 3.63) is 170 Å². The maximum atomic E-state index is 10.7. The molecule has 0 aliphatic carbocycles. The first-order chi connectivity index (χ1) is 28.5. The third kappa shape index (κ3) is 9.49. The highest BCUT2D eigenvalue weighted by Crippen LogP contribution is 2.39. The normalized spacial score (nSPS) is 11.5. The Bertz CT molecular complexity index is 2500. The third-order valence-corrected chi connectivity index (χ3v) is 9.93. The van der Waals surface area contributed by atoms with Gasteiger partial charge in [-0.1, -0.05) is 60.7 Å². The highest BCUT2D eigenvalue weighted by Gasteiger charge is 2.11. The first-order valence-corrected chi connectivity index (χ1v) is 19.5. The zero-order valence-electron chi connectivity index (χ0n) is 32.0. The fraction of sp³-hybridized carbons (Fsp3) is 0.125. The minimum atomic E-state index is 0.0856. The molecule has 0 unspecified atom stereocenters. The number of pyridine rings is 2. The van der Waals surface area contributed by atoms with E-state index < -0.39 is 0 Å². The lowest BCUT2D eigenvalue weighted by Crippen LogP contribution is -2.33. The summed E-state index contributed by atoms with van der Waals surface area (Å²) in [5.74, 6) is 0.171. The van der Waals surface area contributed by atoms with Crippen LogP contribution in [0.4, 0.5) is 45.5 Å². The molecule has 0 amide bonds. The molecule has 0 saturated heterocycles. The summed E-state index contributed by atoms with van der Waals surface area (Å²) in [5.41, 5.74) is 6.09. The van der Waals surface area contributed by atoms with E-state index in [0.29, 0.717) is 22.7 Å². The number of fused-ring (bicyclic) bond motifs is 2. The molecule has 286 valence electrons. The first-order valence-electron chi connectivity index (χ1n) is 19.5. The van der Waals surface area contributed by atoms with Gasteiger partial charge in [-0.2, -0.15) is 0 Å². The number of unbranched alkanes of at least 4 members (excludes halogenated alkanes) is 3. The number of benzene rings is 6. The Kier molecular flexibility index (Phi) is 11.6. The van der Waals surface area contributed by atoms with Gasteiger partial charge in [0.05, 0.1) is 11.4 Å². The Hall–Kier alpha value is -7.46. The van der Waals surface area contributed by atoms with Crippen LogP contribution in [-0.4, -0.2) is 10.2 Å². The van der Waals surface area contributed by atoms with Gasteiger partial charge in [0.1, 0.15) is 36.0 Å². The van der Waals surface area contributed by atoms with Crippen LogP contribution in [0.15, 0.2) is 191 Å². The summed E-state index contributed by atoms with van der Waals surface area (Å²) in [6.07, 6.45) is 12.5. The van der Waals surface area contributed by atoms with Crippen molar-refractivity contribution >= 4 is 67.0 Å². The van der Waals surface area contributed by atoms with Crippen LogP contribution in [0.2, 0.25) is 0 Å². The summed E-state index contributed by atoms with van der Waals surface area (Å²) in [6.45, 7) is 1.84. The van der Waals surface area contributed by atoms with Gasteiger partial charge in [-0.25, -0.2) is 9.13 Å². The van der Waals surface area contributed by atoms with Crippen LogP contribution in [0.5, 0.6) is 11.5 Å². The number of azo groups is 2. The average molecular weight is 765 g/mol. The lowest BCUT2D eigenvalue weighted by molar-refractivity contribution is -0.698. The monoisotopic (exact) mass is 764 g/mol. The predicted molar refractivity (Wildman–Crippen MR) is 231 cm³/mol. The highest BCUT2D eigenvalue weighted by atomic mass is 16.3. The van der Waals surface area contributed by atoms with Crippen LogP contribution >= 0.6 is 0 Å². The number of aryl methyl sites for hydroxylation is 2. The molecule has 0 saturated carbocycles. The lowest BCUT2D eigenvalue weighted by atomic mass is 10.1. The number of phenols is 2. The topological polar surface area (TPSA) is 122 Å². The van der Waals surface area contributed by atoms with Gasteiger partial charge in [0.2, 0.25) is 0 Å². The Morgan fingerprint density at radius 1 is 0.397 bits per heavy atom. The molecule has 2 aromatic heterocycles. The van der Waals surface area contributed by atoms with E-state index in [1.54, 1.807) is 12.1 Å². The molecule has 0 aliphatic heterocycles. The molecule has 6 aromatic carbocycles. The summed E-state index contributed by atoms with van der Waals surface area (Å²) in [5, 5.41) is 49.6. The van der Waals surface area contributed by atoms with Crippen LogP contribution in [0.25, 0.3) is 21.5 Å². The summed E-state index contributed by atoms with van der Waals surface area (Å²) >= 11 is 0. The molecule has 0 fully saturated rings. The van der Waals surface area contributed by atoms with Gasteiger partial charge >= 0.3 is 0 Å². The van der Waals surface area contributed by atoms with Crippen molar-refractivity contribution in [2.24, 2.45) is 20.5 Å². The van der Waals surface area contributed by atoms with Crippen LogP contribution in [-0.2, 0) is 13.1 Å². The molecular formula is C48H44N8O2+2.